The van der Waals surface area contributed by atoms with Crippen LogP contribution in [0, 0.1) is 0 Å². The average Bonchev–Trinajstić information content (AvgIpc) is 3.03. The summed E-state index contributed by atoms with van der Waals surface area (Å²) in [7, 11) is 0. The maximum Gasteiger partial charge on any atom is 0.272 e. The van der Waals surface area contributed by atoms with Crippen LogP contribution in [0.2, 0.25) is 0 Å². The van der Waals surface area contributed by atoms with E-state index in [0.717, 1.165) is 10.2 Å². The zero-order valence-electron chi connectivity index (χ0n) is 9.07. The quantitative estimate of drug-likeness (QED) is 0.672. The average molecular weight is 306 g/mol. The summed E-state index contributed by atoms with van der Waals surface area (Å²) < 4.78 is 0.923. The predicted octanol–water partition coefficient (Wildman–Crippen LogP) is -0.157. The van der Waals surface area contributed by atoms with Crippen molar-refractivity contribution in [2.24, 2.45) is 9.98 Å². The summed E-state index contributed by atoms with van der Waals surface area (Å²) in [6.07, 6.45) is 6.70. The molecule has 0 aliphatic carbocycles. The molecule has 0 atom stereocenters. The molecule has 7 heteroatoms. The van der Waals surface area contributed by atoms with Crippen molar-refractivity contribution >= 4 is 40.3 Å². The van der Waals surface area contributed by atoms with E-state index in [9.17, 15) is 4.79 Å². The van der Waals surface area contributed by atoms with Gasteiger partial charge in [0.25, 0.3) is 5.56 Å². The van der Waals surface area contributed by atoms with E-state index in [1.165, 1.54) is 0 Å². The number of rotatable bonds is 1. The monoisotopic (exact) mass is 305 g/mol. The minimum atomic E-state index is -0.208. The van der Waals surface area contributed by atoms with Gasteiger partial charge in [-0.2, -0.15) is 0 Å². The van der Waals surface area contributed by atoms with Crippen LogP contribution in [0.4, 0.5) is 0 Å². The van der Waals surface area contributed by atoms with Crippen LogP contribution in [-0.2, 0) is 0 Å². The van der Waals surface area contributed by atoms with Crippen molar-refractivity contribution in [3.8, 4) is 0 Å². The molecular weight excluding hydrogens is 298 g/mol. The highest BCUT2D eigenvalue weighted by atomic mass is 79.9. The fourth-order valence-corrected chi connectivity index (χ4v) is 2.04. The number of hydrogen-bond acceptors (Lipinski definition) is 3. The molecule has 0 radical (unpaired) electrons. The van der Waals surface area contributed by atoms with Crippen LogP contribution in [-0.4, -0.2) is 27.6 Å². The van der Waals surface area contributed by atoms with E-state index in [2.05, 4.69) is 41.1 Å². The van der Waals surface area contributed by atoms with E-state index < -0.39 is 0 Å². The molecule has 6 nitrogen and oxygen atoms in total. The van der Waals surface area contributed by atoms with Gasteiger partial charge in [-0.3, -0.25) is 15.0 Å². The van der Waals surface area contributed by atoms with Crippen molar-refractivity contribution in [3.05, 3.63) is 43.4 Å². The van der Waals surface area contributed by atoms with Crippen LogP contribution in [0.15, 0.2) is 31.5 Å². The SMILES string of the molecule is O=c1[nH][nH]c(=C2N=CC=N2)/c1=C\c1cc(Br)c[nH]1. The standard InChI is InChI=1S/C11H8BrN5O/c12-6-3-7(15-5-6)4-8-9(16-17-11(8)18)10-13-1-2-14-10/h1-5,15-16H,(H,17,18)/b8-4+. The molecule has 0 saturated carbocycles. The zero-order valence-corrected chi connectivity index (χ0v) is 10.7. The summed E-state index contributed by atoms with van der Waals surface area (Å²) in [5, 5.41) is 6.39. The molecule has 0 unspecified atom stereocenters. The Morgan fingerprint density at radius 3 is 2.67 bits per heavy atom. The van der Waals surface area contributed by atoms with Crippen LogP contribution in [0.1, 0.15) is 5.69 Å². The Hall–Kier alpha value is -2.15. The molecule has 2 aromatic rings. The van der Waals surface area contributed by atoms with Crippen molar-refractivity contribution in [1.82, 2.24) is 15.2 Å². The van der Waals surface area contributed by atoms with E-state index in [0.29, 0.717) is 16.4 Å². The highest BCUT2D eigenvalue weighted by molar-refractivity contribution is 9.10. The van der Waals surface area contributed by atoms with E-state index in [1.807, 2.05) is 6.07 Å². The normalized spacial score (nSPS) is 14.9. The van der Waals surface area contributed by atoms with E-state index in [1.54, 1.807) is 24.7 Å². The topological polar surface area (TPSA) is 89.2 Å². The Labute approximate surface area is 109 Å². The largest absolute Gasteiger partial charge is 0.361 e. The van der Waals surface area contributed by atoms with Crippen LogP contribution in [0.3, 0.4) is 0 Å². The van der Waals surface area contributed by atoms with Crippen molar-refractivity contribution in [2.45, 2.75) is 0 Å². The maximum atomic E-state index is 11.7. The Morgan fingerprint density at radius 2 is 2.00 bits per heavy atom. The third-order valence-corrected chi connectivity index (χ3v) is 2.93. The van der Waals surface area contributed by atoms with Crippen LogP contribution < -0.4 is 16.1 Å². The Morgan fingerprint density at radius 1 is 1.22 bits per heavy atom. The van der Waals surface area contributed by atoms with Crippen molar-refractivity contribution in [2.75, 3.05) is 0 Å². The lowest BCUT2D eigenvalue weighted by Crippen LogP contribution is -2.34. The molecular formula is C11H8BrN5O. The summed E-state index contributed by atoms with van der Waals surface area (Å²) in [6, 6.07) is 1.88. The summed E-state index contributed by atoms with van der Waals surface area (Å²) in [5.41, 5.74) is 0.611. The van der Waals surface area contributed by atoms with Gasteiger partial charge in [-0.15, -0.1) is 0 Å². The number of H-pyrrole nitrogens is 3. The number of aliphatic imine (C=N–C) groups is 2. The van der Waals surface area contributed by atoms with Crippen LogP contribution >= 0.6 is 15.9 Å². The second-order valence-electron chi connectivity index (χ2n) is 3.67. The first-order valence-corrected chi connectivity index (χ1v) is 5.97. The van der Waals surface area contributed by atoms with Gasteiger partial charge in [0.05, 0.1) is 5.22 Å². The summed E-state index contributed by atoms with van der Waals surface area (Å²) in [5.74, 6) is 0.491. The molecule has 2 aromatic heterocycles. The van der Waals surface area contributed by atoms with Gasteiger partial charge in [-0.1, -0.05) is 0 Å². The Kier molecular flexibility index (Phi) is 2.60. The second-order valence-corrected chi connectivity index (χ2v) is 4.58. The molecule has 3 heterocycles. The molecule has 1 aliphatic rings. The minimum absolute atomic E-state index is 0.208. The molecule has 90 valence electrons. The lowest BCUT2D eigenvalue weighted by atomic mass is 10.3. The van der Waals surface area contributed by atoms with Gasteiger partial charge in [0.1, 0.15) is 5.35 Å². The van der Waals surface area contributed by atoms with E-state index in [4.69, 9.17) is 0 Å². The first kappa shape index (κ1) is 11.0. The van der Waals surface area contributed by atoms with Gasteiger partial charge >= 0.3 is 0 Å². The maximum absolute atomic E-state index is 11.7. The third-order valence-electron chi connectivity index (χ3n) is 2.47. The lowest BCUT2D eigenvalue weighted by molar-refractivity contribution is 1.03. The minimum Gasteiger partial charge on any atom is -0.361 e. The fourth-order valence-electron chi connectivity index (χ4n) is 1.67. The van der Waals surface area contributed by atoms with Gasteiger partial charge in [-0.25, -0.2) is 9.98 Å². The van der Waals surface area contributed by atoms with Crippen molar-refractivity contribution in [3.63, 3.8) is 0 Å². The van der Waals surface area contributed by atoms with Gasteiger partial charge in [0, 0.05) is 28.8 Å². The summed E-state index contributed by atoms with van der Waals surface area (Å²) >= 11 is 3.34. The fraction of sp³-hybridized carbons (Fsp3) is 0. The van der Waals surface area contributed by atoms with E-state index >= 15 is 0 Å². The highest BCUT2D eigenvalue weighted by Crippen LogP contribution is 2.10. The molecule has 0 amide bonds. The third kappa shape index (κ3) is 1.88. The van der Waals surface area contributed by atoms with Gasteiger partial charge in [-0.05, 0) is 28.1 Å². The summed E-state index contributed by atoms with van der Waals surface area (Å²) in [4.78, 5) is 22.9. The lowest BCUT2D eigenvalue weighted by Gasteiger charge is -1.85. The smallest absolute Gasteiger partial charge is 0.272 e. The van der Waals surface area contributed by atoms with Gasteiger partial charge in [0.2, 0.25) is 0 Å². The Bertz CT molecular complexity index is 806. The predicted molar refractivity (Wildman–Crippen MR) is 73.1 cm³/mol. The molecule has 0 spiro atoms. The van der Waals surface area contributed by atoms with Crippen molar-refractivity contribution in [1.29, 1.82) is 0 Å². The van der Waals surface area contributed by atoms with Gasteiger partial charge < -0.3 is 4.98 Å². The Balaban J connectivity index is 2.31. The molecule has 0 aromatic carbocycles. The molecule has 0 fully saturated rings. The number of aromatic nitrogens is 3. The molecule has 18 heavy (non-hydrogen) atoms. The number of nitrogens with one attached hydrogen (secondary N) is 3. The highest BCUT2D eigenvalue weighted by Gasteiger charge is 2.03. The first-order chi connectivity index (χ1) is 8.74. The molecule has 3 rings (SSSR count). The number of hydrogen-bond donors (Lipinski definition) is 3. The van der Waals surface area contributed by atoms with Crippen molar-refractivity contribution < 1.29 is 0 Å². The molecule has 3 N–H and O–H groups in total. The second kappa shape index (κ2) is 4.26. The van der Waals surface area contributed by atoms with E-state index in [-0.39, 0.29) is 5.56 Å². The number of halogens is 1. The molecule has 0 saturated heterocycles. The van der Waals surface area contributed by atoms with Crippen LogP contribution in [0.5, 0.6) is 0 Å². The zero-order chi connectivity index (χ0) is 12.5. The summed E-state index contributed by atoms with van der Waals surface area (Å²) in [6.45, 7) is 0. The first-order valence-electron chi connectivity index (χ1n) is 5.17. The number of aromatic amines is 3. The number of nitrogens with zero attached hydrogens (tertiary/aromatic N) is 2. The molecule has 0 bridgehead atoms. The molecule has 1 aliphatic heterocycles. The van der Waals surface area contributed by atoms with Crippen LogP contribution in [0.25, 0.3) is 11.9 Å². The van der Waals surface area contributed by atoms with Gasteiger partial charge in [0.15, 0.2) is 5.82 Å².